The molecule has 1 aliphatic heterocycles. The third-order valence-corrected chi connectivity index (χ3v) is 5.14. The van der Waals surface area contributed by atoms with Crippen LogP contribution in [0.1, 0.15) is 20.8 Å². The van der Waals surface area contributed by atoms with Crippen LogP contribution in [-0.2, 0) is 14.1 Å². The highest BCUT2D eigenvalue weighted by molar-refractivity contribution is 7.98. The average molecular weight is 417 g/mol. The van der Waals surface area contributed by atoms with E-state index in [0.29, 0.717) is 11.1 Å². The van der Waals surface area contributed by atoms with Gasteiger partial charge in [-0.2, -0.15) is 9.97 Å². The summed E-state index contributed by atoms with van der Waals surface area (Å²) in [5.74, 6) is 1.35. The molecule has 1 aliphatic rings. The van der Waals surface area contributed by atoms with Crippen molar-refractivity contribution in [3.63, 3.8) is 0 Å². The molecule has 0 N–H and O–H groups in total. The van der Waals surface area contributed by atoms with Crippen molar-refractivity contribution in [3.8, 4) is 0 Å². The van der Waals surface area contributed by atoms with E-state index in [9.17, 15) is 0 Å². The van der Waals surface area contributed by atoms with Crippen molar-refractivity contribution in [1.82, 2.24) is 29.5 Å². The highest BCUT2D eigenvalue weighted by Crippen LogP contribution is 2.29. The standard InChI is InChI=1S/C18H24N8S2/c1-11-8-13(3)26(18-21-17(28-7)23-25(18)5)14(9-11)10-12(2)19-15-20-16(27-6)22-24(15)4/h8-10H,1-7H3/b14-10-,19-12-. The highest BCUT2D eigenvalue weighted by atomic mass is 32.2. The molecular formula is C18H24N8S2. The molecule has 2 aromatic heterocycles. The summed E-state index contributed by atoms with van der Waals surface area (Å²) < 4.78 is 3.48. The van der Waals surface area contributed by atoms with E-state index in [2.05, 4.69) is 56.1 Å². The third kappa shape index (κ3) is 4.22. The molecule has 3 heterocycles. The maximum absolute atomic E-state index is 4.66. The third-order valence-electron chi connectivity index (χ3n) is 4.06. The fraction of sp³-hybridized carbons (Fsp3) is 0.389. The summed E-state index contributed by atoms with van der Waals surface area (Å²) in [5.41, 5.74) is 4.05. The van der Waals surface area contributed by atoms with E-state index in [0.717, 1.165) is 28.2 Å². The van der Waals surface area contributed by atoms with Crippen LogP contribution in [0.5, 0.6) is 0 Å². The van der Waals surface area contributed by atoms with Crippen LogP contribution >= 0.6 is 23.5 Å². The van der Waals surface area contributed by atoms with Gasteiger partial charge in [-0.15, -0.1) is 10.2 Å². The Hall–Kier alpha value is -2.33. The van der Waals surface area contributed by atoms with Crippen LogP contribution in [-0.4, -0.2) is 47.8 Å². The van der Waals surface area contributed by atoms with Gasteiger partial charge in [0.1, 0.15) is 0 Å². The van der Waals surface area contributed by atoms with Gasteiger partial charge in [-0.1, -0.05) is 23.5 Å². The predicted octanol–water partition coefficient (Wildman–Crippen LogP) is 3.73. The maximum atomic E-state index is 4.66. The zero-order valence-electron chi connectivity index (χ0n) is 17.1. The van der Waals surface area contributed by atoms with Gasteiger partial charge in [0.15, 0.2) is 0 Å². The minimum Gasteiger partial charge on any atom is -0.283 e. The number of allylic oxidation sites excluding steroid dienone is 5. The topological polar surface area (TPSA) is 77.0 Å². The van der Waals surface area contributed by atoms with E-state index in [1.165, 1.54) is 29.1 Å². The van der Waals surface area contributed by atoms with Gasteiger partial charge >= 0.3 is 0 Å². The molecule has 3 rings (SSSR count). The quantitative estimate of drug-likeness (QED) is 0.543. The van der Waals surface area contributed by atoms with Crippen molar-refractivity contribution < 1.29 is 0 Å². The van der Waals surface area contributed by atoms with Crippen LogP contribution < -0.4 is 4.90 Å². The number of hydrogen-bond acceptors (Lipinski definition) is 8. The maximum Gasteiger partial charge on any atom is 0.248 e. The van der Waals surface area contributed by atoms with Gasteiger partial charge in [-0.25, -0.2) is 14.4 Å². The average Bonchev–Trinajstić information content (AvgIpc) is 3.17. The normalized spacial score (nSPS) is 16.6. The summed E-state index contributed by atoms with van der Waals surface area (Å²) in [4.78, 5) is 15.8. The van der Waals surface area contributed by atoms with E-state index < -0.39 is 0 Å². The van der Waals surface area contributed by atoms with E-state index >= 15 is 0 Å². The Morgan fingerprint density at radius 3 is 2.25 bits per heavy atom. The molecule has 28 heavy (non-hydrogen) atoms. The van der Waals surface area contributed by atoms with Crippen LogP contribution in [0.2, 0.25) is 0 Å². The van der Waals surface area contributed by atoms with Gasteiger partial charge in [0.25, 0.3) is 0 Å². The molecule has 0 unspecified atom stereocenters. The lowest BCUT2D eigenvalue weighted by Gasteiger charge is -2.28. The van der Waals surface area contributed by atoms with Crippen molar-refractivity contribution in [2.75, 3.05) is 17.4 Å². The molecule has 0 aliphatic carbocycles. The molecule has 10 heteroatoms. The summed E-state index contributed by atoms with van der Waals surface area (Å²) in [7, 11) is 3.75. The molecule has 0 radical (unpaired) electrons. The van der Waals surface area contributed by atoms with Crippen LogP contribution in [0, 0.1) is 0 Å². The largest absolute Gasteiger partial charge is 0.283 e. The molecule has 0 aromatic carbocycles. The van der Waals surface area contributed by atoms with Crippen LogP contribution in [0.3, 0.4) is 0 Å². The second-order valence-electron chi connectivity index (χ2n) is 6.38. The van der Waals surface area contributed by atoms with Gasteiger partial charge < -0.3 is 0 Å². The Kier molecular flexibility index (Phi) is 6.09. The van der Waals surface area contributed by atoms with Gasteiger partial charge in [0.05, 0.1) is 5.70 Å². The zero-order chi connectivity index (χ0) is 20.4. The SMILES string of the molecule is CSc1nc(/N=C(C)\C=C2\C=C(C)C=C(C)N2c2nc(SC)nn2C)n(C)n1. The minimum atomic E-state index is 0.581. The Labute approximate surface area is 173 Å². The number of rotatable bonds is 5. The van der Waals surface area contributed by atoms with Crippen LogP contribution in [0.25, 0.3) is 0 Å². The van der Waals surface area contributed by atoms with E-state index in [1.54, 1.807) is 9.36 Å². The number of aliphatic imine (C=N–C) groups is 1. The van der Waals surface area contributed by atoms with E-state index in [1.807, 2.05) is 39.6 Å². The van der Waals surface area contributed by atoms with Crippen molar-refractivity contribution >= 4 is 41.1 Å². The lowest BCUT2D eigenvalue weighted by molar-refractivity contribution is 0.730. The molecule has 0 atom stereocenters. The van der Waals surface area contributed by atoms with E-state index in [-0.39, 0.29) is 0 Å². The molecular weight excluding hydrogens is 392 g/mol. The fourth-order valence-electron chi connectivity index (χ4n) is 2.89. The van der Waals surface area contributed by atoms with Crippen molar-refractivity contribution in [2.24, 2.45) is 19.1 Å². The second-order valence-corrected chi connectivity index (χ2v) is 7.92. The van der Waals surface area contributed by atoms with Gasteiger partial charge in [-0.05, 0) is 57.1 Å². The zero-order valence-corrected chi connectivity index (χ0v) is 18.8. The molecule has 0 amide bonds. The Bertz CT molecular complexity index is 1010. The number of nitrogens with zero attached hydrogens (tertiary/aromatic N) is 8. The smallest absolute Gasteiger partial charge is 0.248 e. The molecule has 0 saturated carbocycles. The van der Waals surface area contributed by atoms with Gasteiger partial charge in [-0.3, -0.25) is 4.90 Å². The number of aromatic nitrogens is 6. The minimum absolute atomic E-state index is 0.581. The second kappa shape index (κ2) is 8.36. The molecule has 0 saturated heterocycles. The van der Waals surface area contributed by atoms with Gasteiger partial charge in [0.2, 0.25) is 22.2 Å². The molecule has 2 aromatic rings. The fourth-order valence-corrected chi connectivity index (χ4v) is 3.65. The first-order chi connectivity index (χ1) is 13.3. The molecule has 148 valence electrons. The first-order valence-electron chi connectivity index (χ1n) is 8.66. The number of hydrogen-bond donors (Lipinski definition) is 0. The Morgan fingerprint density at radius 1 is 1.00 bits per heavy atom. The summed E-state index contributed by atoms with van der Waals surface area (Å²) in [6.45, 7) is 6.11. The van der Waals surface area contributed by atoms with Crippen LogP contribution in [0.15, 0.2) is 50.5 Å². The molecule has 0 spiro atoms. The lowest BCUT2D eigenvalue weighted by atomic mass is 10.1. The highest BCUT2D eigenvalue weighted by Gasteiger charge is 2.22. The Balaban J connectivity index is 2.02. The lowest BCUT2D eigenvalue weighted by Crippen LogP contribution is -2.25. The monoisotopic (exact) mass is 416 g/mol. The summed E-state index contributed by atoms with van der Waals surface area (Å²) in [6, 6.07) is 0. The summed E-state index contributed by atoms with van der Waals surface area (Å²) in [5, 5.41) is 10.2. The predicted molar refractivity (Wildman–Crippen MR) is 116 cm³/mol. The van der Waals surface area contributed by atoms with Crippen molar-refractivity contribution in [1.29, 1.82) is 0 Å². The van der Waals surface area contributed by atoms with Crippen molar-refractivity contribution in [2.45, 2.75) is 31.1 Å². The van der Waals surface area contributed by atoms with Gasteiger partial charge in [0, 0.05) is 25.5 Å². The Morgan fingerprint density at radius 2 is 1.64 bits per heavy atom. The van der Waals surface area contributed by atoms with Crippen molar-refractivity contribution in [3.05, 3.63) is 35.2 Å². The number of thioether (sulfide) groups is 2. The summed E-state index contributed by atoms with van der Waals surface area (Å²) in [6.07, 6.45) is 10.2. The molecule has 0 fully saturated rings. The molecule has 0 bridgehead atoms. The first-order valence-corrected chi connectivity index (χ1v) is 11.1. The van der Waals surface area contributed by atoms with Crippen LogP contribution in [0.4, 0.5) is 11.9 Å². The summed E-state index contributed by atoms with van der Waals surface area (Å²) >= 11 is 3.02. The number of aryl methyl sites for hydroxylation is 2. The first kappa shape index (κ1) is 20.4. The van der Waals surface area contributed by atoms with E-state index in [4.69, 9.17) is 0 Å². The molecule has 8 nitrogen and oxygen atoms in total. The number of anilines is 1.